The van der Waals surface area contributed by atoms with Crippen LogP contribution in [0.3, 0.4) is 0 Å². The van der Waals surface area contributed by atoms with E-state index in [2.05, 4.69) is 52.2 Å². The van der Waals surface area contributed by atoms with Gasteiger partial charge in [0.05, 0.1) is 23.3 Å². The smallest absolute Gasteiger partial charge is 0.239 e. The van der Waals surface area contributed by atoms with Crippen LogP contribution in [-0.4, -0.2) is 43.9 Å². The van der Waals surface area contributed by atoms with Crippen LogP contribution in [-0.2, 0) is 11.3 Å². The number of aromatic nitrogens is 5. The van der Waals surface area contributed by atoms with E-state index in [1.807, 2.05) is 18.2 Å². The van der Waals surface area contributed by atoms with E-state index < -0.39 is 5.91 Å². The molecule has 5 rings (SSSR count). The first kappa shape index (κ1) is 21.7. The molecule has 1 aliphatic rings. The van der Waals surface area contributed by atoms with Gasteiger partial charge in [0, 0.05) is 11.8 Å². The summed E-state index contributed by atoms with van der Waals surface area (Å²) in [6.07, 6.45) is 4.98. The van der Waals surface area contributed by atoms with Crippen LogP contribution in [0.25, 0.3) is 22.3 Å². The summed E-state index contributed by atoms with van der Waals surface area (Å²) in [6, 6.07) is 7.97. The van der Waals surface area contributed by atoms with Gasteiger partial charge in [-0.3, -0.25) is 9.48 Å². The number of H-pyrrole nitrogens is 1. The van der Waals surface area contributed by atoms with Crippen LogP contribution in [0.1, 0.15) is 32.4 Å². The van der Waals surface area contributed by atoms with Gasteiger partial charge in [-0.05, 0) is 29.2 Å². The van der Waals surface area contributed by atoms with Crippen LogP contribution in [0.4, 0.5) is 5.82 Å². The zero-order chi connectivity index (χ0) is 23.9. The number of fused-ring (bicyclic) bond motifs is 2. The third kappa shape index (κ3) is 4.26. The van der Waals surface area contributed by atoms with Crippen molar-refractivity contribution in [3.63, 3.8) is 0 Å². The van der Waals surface area contributed by atoms with Crippen molar-refractivity contribution in [3.05, 3.63) is 48.5 Å². The number of amides is 1. The Morgan fingerprint density at radius 1 is 1.21 bits per heavy atom. The van der Waals surface area contributed by atoms with E-state index in [4.69, 9.17) is 15.2 Å². The quantitative estimate of drug-likeness (QED) is 0.401. The Kier molecular flexibility index (Phi) is 5.35. The van der Waals surface area contributed by atoms with Gasteiger partial charge in [0.2, 0.25) is 5.91 Å². The normalized spacial score (nSPS) is 14.2. The molecule has 0 radical (unpaired) electrons. The van der Waals surface area contributed by atoms with Gasteiger partial charge in [0.15, 0.2) is 11.5 Å². The Labute approximate surface area is 196 Å². The molecule has 10 heteroatoms. The van der Waals surface area contributed by atoms with Crippen LogP contribution in [0.15, 0.2) is 43.0 Å². The van der Waals surface area contributed by atoms with Gasteiger partial charge in [-0.2, -0.15) is 5.10 Å². The first-order valence-electron chi connectivity index (χ1n) is 11.1. The summed E-state index contributed by atoms with van der Waals surface area (Å²) < 4.78 is 13.0. The number of nitrogens with two attached hydrogens (primary N) is 1. The Bertz CT molecular complexity index is 1350. The van der Waals surface area contributed by atoms with Crippen molar-refractivity contribution in [2.45, 2.75) is 33.4 Å². The zero-order valence-electron chi connectivity index (χ0n) is 19.3. The van der Waals surface area contributed by atoms with Crippen LogP contribution < -0.4 is 20.5 Å². The molecule has 0 spiro atoms. The van der Waals surface area contributed by atoms with Crippen molar-refractivity contribution in [3.8, 4) is 22.8 Å². The lowest BCUT2D eigenvalue weighted by Crippen LogP contribution is -2.26. The molecule has 4 aromatic rings. The van der Waals surface area contributed by atoms with Crippen molar-refractivity contribution in [2.24, 2.45) is 11.1 Å². The summed E-state index contributed by atoms with van der Waals surface area (Å²) in [4.78, 5) is 23.4. The number of primary amides is 1. The number of anilines is 1. The van der Waals surface area contributed by atoms with E-state index in [0.29, 0.717) is 24.7 Å². The van der Waals surface area contributed by atoms with Crippen LogP contribution in [0.5, 0.6) is 11.5 Å². The monoisotopic (exact) mass is 461 g/mol. The minimum absolute atomic E-state index is 0.0234. The van der Waals surface area contributed by atoms with Crippen LogP contribution in [0, 0.1) is 5.41 Å². The van der Waals surface area contributed by atoms with Gasteiger partial charge in [-0.1, -0.05) is 26.8 Å². The van der Waals surface area contributed by atoms with Gasteiger partial charge >= 0.3 is 0 Å². The molecule has 0 bridgehead atoms. The summed E-state index contributed by atoms with van der Waals surface area (Å²) in [5.74, 6) is 1.78. The molecule has 1 atom stereocenters. The maximum Gasteiger partial charge on any atom is 0.239 e. The van der Waals surface area contributed by atoms with Crippen LogP contribution in [0.2, 0.25) is 0 Å². The topological polar surface area (TPSA) is 133 Å². The molecule has 0 unspecified atom stereocenters. The van der Waals surface area contributed by atoms with Crippen molar-refractivity contribution in [1.29, 1.82) is 0 Å². The largest absolute Gasteiger partial charge is 0.486 e. The van der Waals surface area contributed by atoms with Crippen LogP contribution >= 0.6 is 0 Å². The Balaban J connectivity index is 1.49. The fourth-order valence-corrected chi connectivity index (χ4v) is 4.14. The number of benzene rings is 1. The number of nitrogens with one attached hydrogen (secondary N) is 2. The molecule has 0 saturated heterocycles. The Hall–Kier alpha value is -4.08. The average Bonchev–Trinajstić information content (AvgIpc) is 3.43. The fourth-order valence-electron chi connectivity index (χ4n) is 4.14. The molecule has 10 nitrogen and oxygen atoms in total. The molecular formula is C24H27N7O3. The Morgan fingerprint density at radius 2 is 2.00 bits per heavy atom. The van der Waals surface area contributed by atoms with Gasteiger partial charge in [-0.25, -0.2) is 9.97 Å². The molecule has 1 aliphatic heterocycles. The predicted octanol–water partition coefficient (Wildman–Crippen LogP) is 3.28. The molecule has 34 heavy (non-hydrogen) atoms. The summed E-state index contributed by atoms with van der Waals surface area (Å²) >= 11 is 0. The maximum absolute atomic E-state index is 11.2. The highest BCUT2D eigenvalue weighted by Gasteiger charge is 2.29. The van der Waals surface area contributed by atoms with E-state index in [9.17, 15) is 4.79 Å². The van der Waals surface area contributed by atoms with E-state index in [1.54, 1.807) is 12.4 Å². The second kappa shape index (κ2) is 8.36. The van der Waals surface area contributed by atoms with Crippen molar-refractivity contribution in [2.75, 3.05) is 18.5 Å². The molecule has 176 valence electrons. The highest BCUT2D eigenvalue weighted by molar-refractivity contribution is 5.91. The number of aromatic amines is 1. The lowest BCUT2D eigenvalue weighted by Gasteiger charge is -2.33. The molecule has 1 aromatic carbocycles. The van der Waals surface area contributed by atoms with Crippen molar-refractivity contribution in [1.82, 2.24) is 24.7 Å². The molecule has 0 fully saturated rings. The minimum atomic E-state index is -0.448. The predicted molar refractivity (Wildman–Crippen MR) is 128 cm³/mol. The number of carbonyl (C=O) groups is 1. The third-order valence-electron chi connectivity index (χ3n) is 5.73. The summed E-state index contributed by atoms with van der Waals surface area (Å²) in [5.41, 5.74) is 8.56. The minimum Gasteiger partial charge on any atom is -0.486 e. The first-order chi connectivity index (χ1) is 16.3. The number of hydrogen-bond acceptors (Lipinski definition) is 7. The van der Waals surface area contributed by atoms with Gasteiger partial charge in [0.1, 0.15) is 37.6 Å². The molecule has 1 amide bonds. The summed E-state index contributed by atoms with van der Waals surface area (Å²) in [7, 11) is 0. The Morgan fingerprint density at radius 3 is 2.76 bits per heavy atom. The summed E-state index contributed by atoms with van der Waals surface area (Å²) in [5, 5.41) is 8.69. The SMILES string of the molecule is CC(C)(C)[C@@H](Nc1ncnc2[nH]c(-c3cnn(CC(N)=O)c3)cc12)c1ccc2c(c1)OCCO2. The molecule has 0 saturated carbocycles. The van der Waals surface area contributed by atoms with Gasteiger partial charge in [0.25, 0.3) is 0 Å². The number of hydrogen-bond donors (Lipinski definition) is 3. The third-order valence-corrected chi connectivity index (χ3v) is 5.73. The van der Waals surface area contributed by atoms with E-state index in [0.717, 1.165) is 33.7 Å². The number of carbonyl (C=O) groups excluding carboxylic acids is 1. The lowest BCUT2D eigenvalue weighted by atomic mass is 9.82. The number of ether oxygens (including phenoxy) is 2. The van der Waals surface area contributed by atoms with Crippen molar-refractivity contribution < 1.29 is 14.3 Å². The number of nitrogens with zero attached hydrogens (tertiary/aromatic N) is 4. The second-order valence-corrected chi connectivity index (χ2v) is 9.41. The second-order valence-electron chi connectivity index (χ2n) is 9.41. The molecule has 0 aliphatic carbocycles. The molecule has 4 heterocycles. The average molecular weight is 462 g/mol. The molecule has 3 aromatic heterocycles. The summed E-state index contributed by atoms with van der Waals surface area (Å²) in [6.45, 7) is 7.65. The fraction of sp³-hybridized carbons (Fsp3) is 0.333. The standard InChI is InChI=1S/C24H27N7O3/c1-24(2,3)21(14-4-5-18-19(8-14)34-7-6-33-18)30-23-16-9-17(29-22(16)26-13-27-23)15-10-28-31(11-15)12-20(25)32/h4-5,8-11,13,21H,6-7,12H2,1-3H3,(H2,25,32)(H2,26,27,29,30)/t21-/m0/s1. The first-order valence-corrected chi connectivity index (χ1v) is 11.1. The van der Waals surface area contributed by atoms with E-state index >= 15 is 0 Å². The van der Waals surface area contributed by atoms with E-state index in [1.165, 1.54) is 11.0 Å². The maximum atomic E-state index is 11.2. The van der Waals surface area contributed by atoms with E-state index in [-0.39, 0.29) is 18.0 Å². The van der Waals surface area contributed by atoms with Gasteiger partial charge in [-0.15, -0.1) is 0 Å². The zero-order valence-corrected chi connectivity index (χ0v) is 19.3. The van der Waals surface area contributed by atoms with Crippen molar-refractivity contribution >= 4 is 22.8 Å². The number of rotatable bonds is 6. The highest BCUT2D eigenvalue weighted by Crippen LogP contribution is 2.41. The van der Waals surface area contributed by atoms with Gasteiger partial charge < -0.3 is 25.5 Å². The lowest BCUT2D eigenvalue weighted by molar-refractivity contribution is -0.118. The molecular weight excluding hydrogens is 434 g/mol. The highest BCUT2D eigenvalue weighted by atomic mass is 16.6. The molecule has 4 N–H and O–H groups in total.